The second kappa shape index (κ2) is 9.45. The van der Waals surface area contributed by atoms with Gasteiger partial charge in [-0.25, -0.2) is 0 Å². The van der Waals surface area contributed by atoms with Gasteiger partial charge in [0, 0.05) is 6.54 Å². The highest BCUT2D eigenvalue weighted by Crippen LogP contribution is 2.43. The van der Waals surface area contributed by atoms with Crippen LogP contribution in [0.2, 0.25) is 0 Å². The first kappa shape index (κ1) is 22.3. The molecular weight excluding hydrogens is 395 g/mol. The summed E-state index contributed by atoms with van der Waals surface area (Å²) in [5.74, 6) is 2.12. The molecule has 0 aromatic heterocycles. The molecule has 0 radical (unpaired) electrons. The van der Waals surface area contributed by atoms with Crippen molar-refractivity contribution >= 4 is 29.4 Å². The van der Waals surface area contributed by atoms with Crippen LogP contribution in [0.15, 0.2) is 24.3 Å². The van der Waals surface area contributed by atoms with Gasteiger partial charge < -0.3 is 9.64 Å². The Morgan fingerprint density at radius 2 is 1.70 bits per heavy atom. The van der Waals surface area contributed by atoms with Crippen molar-refractivity contribution < 1.29 is 22.7 Å². The number of thioether (sulfide) groups is 2. The Morgan fingerprint density at radius 3 is 2.22 bits per heavy atom. The molecule has 152 valence electrons. The summed E-state index contributed by atoms with van der Waals surface area (Å²) in [5.41, 5.74) is 0.757. The smallest absolute Gasteiger partial charge is 0.406 e. The molecule has 1 aliphatic heterocycles. The summed E-state index contributed by atoms with van der Waals surface area (Å²) < 4.78 is 44.2. The second-order valence-electron chi connectivity index (χ2n) is 7.71. The van der Waals surface area contributed by atoms with E-state index in [1.165, 1.54) is 12.0 Å². The highest BCUT2D eigenvalue weighted by Gasteiger charge is 2.34. The van der Waals surface area contributed by atoms with Crippen LogP contribution < -0.4 is 4.74 Å². The van der Waals surface area contributed by atoms with Crippen LogP contribution in [0.3, 0.4) is 0 Å². The molecule has 1 saturated heterocycles. The standard InChI is InChI=1S/C19H26F3NO2S2/c1-18(2,3)12-23(13-19(20,21)22)16(24)11-25-15-7-5-14(6-8-15)17-26-9-4-10-27-17/h5-8,17H,4,9-13H2,1-3H3. The third-order valence-electron chi connectivity index (χ3n) is 3.73. The molecule has 1 amide bonds. The van der Waals surface area contributed by atoms with Gasteiger partial charge in [0.25, 0.3) is 5.91 Å². The van der Waals surface area contributed by atoms with E-state index in [0.29, 0.717) is 10.3 Å². The van der Waals surface area contributed by atoms with Gasteiger partial charge >= 0.3 is 6.18 Å². The van der Waals surface area contributed by atoms with Gasteiger partial charge in [-0.1, -0.05) is 32.9 Å². The van der Waals surface area contributed by atoms with E-state index >= 15 is 0 Å². The fourth-order valence-electron chi connectivity index (χ4n) is 2.66. The highest BCUT2D eigenvalue weighted by atomic mass is 32.2. The van der Waals surface area contributed by atoms with Gasteiger partial charge in [-0.3, -0.25) is 4.79 Å². The Kier molecular flexibility index (Phi) is 7.80. The van der Waals surface area contributed by atoms with E-state index < -0.39 is 30.7 Å². The molecule has 0 unspecified atom stereocenters. The van der Waals surface area contributed by atoms with Crippen molar-refractivity contribution in [2.24, 2.45) is 5.41 Å². The number of carbonyl (C=O) groups is 1. The van der Waals surface area contributed by atoms with Crippen LogP contribution in [0.25, 0.3) is 0 Å². The van der Waals surface area contributed by atoms with Crippen molar-refractivity contribution in [3.05, 3.63) is 29.8 Å². The van der Waals surface area contributed by atoms with Crippen LogP contribution in [-0.2, 0) is 4.79 Å². The summed E-state index contributed by atoms with van der Waals surface area (Å²) in [6.07, 6.45) is -3.21. The summed E-state index contributed by atoms with van der Waals surface area (Å²) in [7, 11) is 0. The number of benzene rings is 1. The lowest BCUT2D eigenvalue weighted by Crippen LogP contribution is -2.45. The quantitative estimate of drug-likeness (QED) is 0.618. The van der Waals surface area contributed by atoms with Gasteiger partial charge in [-0.05, 0) is 41.0 Å². The summed E-state index contributed by atoms with van der Waals surface area (Å²) in [5, 5.41) is 0. The fraction of sp³-hybridized carbons (Fsp3) is 0.632. The first-order valence-electron chi connectivity index (χ1n) is 8.84. The molecule has 1 fully saturated rings. The predicted molar refractivity (Wildman–Crippen MR) is 106 cm³/mol. The van der Waals surface area contributed by atoms with Crippen LogP contribution in [0.1, 0.15) is 37.3 Å². The van der Waals surface area contributed by atoms with E-state index in [-0.39, 0.29) is 6.54 Å². The minimum absolute atomic E-state index is 0.0176. The van der Waals surface area contributed by atoms with Gasteiger partial charge in [0.15, 0.2) is 6.61 Å². The number of amides is 1. The molecule has 0 saturated carbocycles. The average molecular weight is 422 g/mol. The molecule has 0 N–H and O–H groups in total. The number of rotatable bonds is 6. The van der Waals surface area contributed by atoms with Crippen LogP contribution >= 0.6 is 23.5 Å². The largest absolute Gasteiger partial charge is 0.484 e. The van der Waals surface area contributed by atoms with Crippen LogP contribution in [0.5, 0.6) is 5.75 Å². The number of nitrogens with zero attached hydrogens (tertiary/aromatic N) is 1. The third kappa shape index (κ3) is 8.25. The minimum atomic E-state index is -4.43. The van der Waals surface area contributed by atoms with Crippen LogP contribution in [0, 0.1) is 5.41 Å². The summed E-state index contributed by atoms with van der Waals surface area (Å²) in [6.45, 7) is 3.74. The molecule has 0 spiro atoms. The van der Waals surface area contributed by atoms with E-state index in [1.807, 2.05) is 35.7 Å². The van der Waals surface area contributed by atoms with Gasteiger partial charge in [-0.2, -0.15) is 13.2 Å². The molecule has 1 aliphatic rings. The Morgan fingerprint density at radius 1 is 1.11 bits per heavy atom. The first-order valence-corrected chi connectivity index (χ1v) is 10.9. The number of hydrogen-bond donors (Lipinski definition) is 0. The van der Waals surface area contributed by atoms with Crippen molar-refractivity contribution in [2.45, 2.75) is 38.0 Å². The molecular formula is C19H26F3NO2S2. The lowest BCUT2D eigenvalue weighted by molar-refractivity contribution is -0.164. The molecule has 0 aliphatic carbocycles. The van der Waals surface area contributed by atoms with Gasteiger partial charge in [0.1, 0.15) is 12.3 Å². The third-order valence-corrected chi connectivity index (χ3v) is 6.74. The summed E-state index contributed by atoms with van der Waals surface area (Å²) >= 11 is 3.82. The Balaban J connectivity index is 1.93. The van der Waals surface area contributed by atoms with E-state index in [2.05, 4.69) is 0 Å². The Bertz CT molecular complexity index is 593. The zero-order valence-electron chi connectivity index (χ0n) is 15.8. The van der Waals surface area contributed by atoms with E-state index in [1.54, 1.807) is 32.9 Å². The number of carbonyl (C=O) groups excluding carboxylic acids is 1. The van der Waals surface area contributed by atoms with Crippen molar-refractivity contribution in [3.8, 4) is 5.75 Å². The topological polar surface area (TPSA) is 29.5 Å². The zero-order valence-corrected chi connectivity index (χ0v) is 17.5. The second-order valence-corrected chi connectivity index (χ2v) is 10.4. The molecule has 1 heterocycles. The Hall–Kier alpha value is -1.02. The van der Waals surface area contributed by atoms with E-state index in [4.69, 9.17) is 4.74 Å². The van der Waals surface area contributed by atoms with E-state index in [0.717, 1.165) is 16.4 Å². The molecule has 0 bridgehead atoms. The molecule has 0 atom stereocenters. The predicted octanol–water partition coefficient (Wildman–Crippen LogP) is 5.37. The lowest BCUT2D eigenvalue weighted by Gasteiger charge is -2.30. The van der Waals surface area contributed by atoms with Gasteiger partial charge in [-0.15, -0.1) is 23.5 Å². The molecule has 2 rings (SSSR count). The average Bonchev–Trinajstić information content (AvgIpc) is 2.58. The Labute approximate surface area is 167 Å². The first-order chi connectivity index (χ1) is 12.5. The molecule has 8 heteroatoms. The van der Waals surface area contributed by atoms with Crippen molar-refractivity contribution in [1.29, 1.82) is 0 Å². The van der Waals surface area contributed by atoms with Crippen LogP contribution in [0.4, 0.5) is 13.2 Å². The number of halogens is 3. The molecule has 27 heavy (non-hydrogen) atoms. The molecule has 3 nitrogen and oxygen atoms in total. The van der Waals surface area contributed by atoms with Gasteiger partial charge in [0.05, 0.1) is 4.58 Å². The SMILES string of the molecule is CC(C)(C)CN(CC(F)(F)F)C(=O)COc1ccc(C2SCCCS2)cc1. The zero-order chi connectivity index (χ0) is 20.1. The maximum absolute atomic E-state index is 12.8. The van der Waals surface area contributed by atoms with Crippen molar-refractivity contribution in [1.82, 2.24) is 4.90 Å². The summed E-state index contributed by atoms with van der Waals surface area (Å²) in [6, 6.07) is 7.46. The summed E-state index contributed by atoms with van der Waals surface area (Å²) in [4.78, 5) is 13.1. The van der Waals surface area contributed by atoms with Crippen molar-refractivity contribution in [3.63, 3.8) is 0 Å². The highest BCUT2D eigenvalue weighted by molar-refractivity contribution is 8.16. The van der Waals surface area contributed by atoms with Crippen molar-refractivity contribution in [2.75, 3.05) is 31.2 Å². The molecule has 1 aromatic rings. The monoisotopic (exact) mass is 421 g/mol. The maximum Gasteiger partial charge on any atom is 0.406 e. The number of alkyl halides is 3. The van der Waals surface area contributed by atoms with Crippen LogP contribution in [-0.4, -0.2) is 48.2 Å². The fourth-order valence-corrected chi connectivity index (χ4v) is 5.55. The number of hydrogen-bond acceptors (Lipinski definition) is 4. The number of ether oxygens (including phenoxy) is 1. The molecule has 1 aromatic carbocycles. The lowest BCUT2D eigenvalue weighted by atomic mass is 9.96. The normalized spacial score (nSPS) is 16.2. The van der Waals surface area contributed by atoms with Gasteiger partial charge in [0.2, 0.25) is 0 Å². The maximum atomic E-state index is 12.8. The minimum Gasteiger partial charge on any atom is -0.484 e. The van der Waals surface area contributed by atoms with E-state index in [9.17, 15) is 18.0 Å².